The van der Waals surface area contributed by atoms with Crippen molar-refractivity contribution in [1.82, 2.24) is 10.3 Å². The minimum Gasteiger partial charge on any atom is -0.476 e. The number of amides is 1. The van der Waals surface area contributed by atoms with Gasteiger partial charge in [-0.1, -0.05) is 13.8 Å². The third kappa shape index (κ3) is 7.31. The molecule has 0 radical (unpaired) electrons. The van der Waals surface area contributed by atoms with Crippen LogP contribution in [0.15, 0.2) is 12.1 Å². The second-order valence-electron chi connectivity index (χ2n) is 8.96. The Morgan fingerprint density at radius 2 is 2.10 bits per heavy atom. The van der Waals surface area contributed by atoms with Crippen LogP contribution in [-0.2, 0) is 9.47 Å². The fraction of sp³-hybridized carbons (Fsp3) is 0.739. The van der Waals surface area contributed by atoms with Crippen LogP contribution in [0.5, 0.6) is 5.88 Å². The average molecular weight is 438 g/mol. The van der Waals surface area contributed by atoms with Gasteiger partial charge in [-0.3, -0.25) is 9.18 Å². The molecule has 1 aromatic heterocycles. The number of alkyl halides is 1. The molecule has 1 unspecified atom stereocenters. The fourth-order valence-electron chi connectivity index (χ4n) is 3.55. The molecule has 31 heavy (non-hydrogen) atoms. The Labute approximate surface area is 184 Å². The highest BCUT2D eigenvalue weighted by Gasteiger charge is 2.31. The van der Waals surface area contributed by atoms with Crippen LogP contribution >= 0.6 is 0 Å². The highest BCUT2D eigenvalue weighted by Crippen LogP contribution is 2.34. The minimum atomic E-state index is -0.400. The van der Waals surface area contributed by atoms with Crippen molar-refractivity contribution in [2.75, 3.05) is 51.6 Å². The van der Waals surface area contributed by atoms with E-state index in [0.717, 1.165) is 25.2 Å². The van der Waals surface area contributed by atoms with E-state index >= 15 is 0 Å². The number of halogens is 1. The number of ether oxygens (including phenoxy) is 3. The average Bonchev–Trinajstić information content (AvgIpc) is 3.53. The van der Waals surface area contributed by atoms with E-state index in [0.29, 0.717) is 49.7 Å². The van der Waals surface area contributed by atoms with Gasteiger partial charge in [-0.25, -0.2) is 4.98 Å². The molecule has 8 heteroatoms. The van der Waals surface area contributed by atoms with Crippen LogP contribution in [0.3, 0.4) is 0 Å². The van der Waals surface area contributed by atoms with Gasteiger partial charge in [0, 0.05) is 26.8 Å². The molecule has 1 aromatic rings. The van der Waals surface area contributed by atoms with Gasteiger partial charge < -0.3 is 24.4 Å². The Kier molecular flexibility index (Phi) is 8.90. The van der Waals surface area contributed by atoms with Crippen molar-refractivity contribution < 1.29 is 23.4 Å². The molecule has 1 saturated heterocycles. The third-order valence-electron chi connectivity index (χ3n) is 5.58. The second-order valence-corrected chi connectivity index (χ2v) is 8.96. The van der Waals surface area contributed by atoms with Crippen molar-refractivity contribution in [3.8, 4) is 5.88 Å². The molecule has 2 aliphatic rings. The summed E-state index contributed by atoms with van der Waals surface area (Å²) in [6, 6.07) is 3.50. The van der Waals surface area contributed by atoms with Gasteiger partial charge in [0.1, 0.15) is 11.4 Å². The molecule has 0 aromatic carbocycles. The van der Waals surface area contributed by atoms with E-state index in [1.54, 1.807) is 13.2 Å². The molecule has 3 rings (SSSR count). The quantitative estimate of drug-likeness (QED) is 0.451. The SMILES string of the molecule is COC1CN(c2ccc(C(=O)NC(COCCCF)CC(C)C)nc2OCC2CC2)C1. The predicted molar refractivity (Wildman–Crippen MR) is 118 cm³/mol. The number of methoxy groups -OCH3 is 1. The minimum absolute atomic E-state index is 0.151. The van der Waals surface area contributed by atoms with Gasteiger partial charge in [0.05, 0.1) is 32.0 Å². The van der Waals surface area contributed by atoms with E-state index in [-0.39, 0.29) is 18.1 Å². The molecule has 2 heterocycles. The summed E-state index contributed by atoms with van der Waals surface area (Å²) < 4.78 is 29.2. The second kappa shape index (κ2) is 11.6. The Morgan fingerprint density at radius 1 is 1.32 bits per heavy atom. The largest absolute Gasteiger partial charge is 0.476 e. The van der Waals surface area contributed by atoms with Crippen molar-refractivity contribution in [1.29, 1.82) is 0 Å². The van der Waals surface area contributed by atoms with E-state index in [4.69, 9.17) is 14.2 Å². The van der Waals surface area contributed by atoms with Crippen molar-refractivity contribution in [2.24, 2.45) is 11.8 Å². The number of carbonyl (C=O) groups is 1. The first-order chi connectivity index (χ1) is 15.0. The number of nitrogens with one attached hydrogen (secondary N) is 1. The predicted octanol–water partition coefficient (Wildman–Crippen LogP) is 3.23. The Morgan fingerprint density at radius 3 is 2.74 bits per heavy atom. The first-order valence-electron chi connectivity index (χ1n) is 11.4. The zero-order valence-electron chi connectivity index (χ0n) is 18.9. The Bertz CT molecular complexity index is 708. The molecule has 174 valence electrons. The smallest absolute Gasteiger partial charge is 0.270 e. The Hall–Kier alpha value is -1.93. The van der Waals surface area contributed by atoms with Crippen LogP contribution in [0.1, 0.15) is 50.0 Å². The molecule has 1 atom stereocenters. The lowest BCUT2D eigenvalue weighted by Gasteiger charge is -2.40. The van der Waals surface area contributed by atoms with Crippen LogP contribution in [0, 0.1) is 11.8 Å². The molecule has 1 N–H and O–H groups in total. The maximum Gasteiger partial charge on any atom is 0.270 e. The first-order valence-corrected chi connectivity index (χ1v) is 11.4. The zero-order valence-corrected chi connectivity index (χ0v) is 18.9. The van der Waals surface area contributed by atoms with E-state index in [9.17, 15) is 9.18 Å². The maximum absolute atomic E-state index is 12.9. The molecule has 7 nitrogen and oxygen atoms in total. The summed E-state index contributed by atoms with van der Waals surface area (Å²) in [6.07, 6.45) is 3.73. The third-order valence-corrected chi connectivity index (χ3v) is 5.58. The van der Waals surface area contributed by atoms with Crippen molar-refractivity contribution in [2.45, 2.75) is 51.7 Å². The lowest BCUT2D eigenvalue weighted by atomic mass is 10.0. The first kappa shape index (κ1) is 23.7. The van der Waals surface area contributed by atoms with Gasteiger partial charge >= 0.3 is 0 Å². The monoisotopic (exact) mass is 437 g/mol. The summed E-state index contributed by atoms with van der Waals surface area (Å²) in [7, 11) is 1.72. The number of anilines is 1. The number of rotatable bonds is 14. The topological polar surface area (TPSA) is 72.9 Å². The van der Waals surface area contributed by atoms with Crippen LogP contribution in [0.4, 0.5) is 10.1 Å². The van der Waals surface area contributed by atoms with Gasteiger partial charge in [0.2, 0.25) is 5.88 Å². The normalized spacial score (nSPS) is 17.5. The van der Waals surface area contributed by atoms with E-state index in [1.807, 2.05) is 6.07 Å². The lowest BCUT2D eigenvalue weighted by Crippen LogP contribution is -2.52. The highest BCUT2D eigenvalue weighted by molar-refractivity contribution is 5.93. The molecule has 2 fully saturated rings. The van der Waals surface area contributed by atoms with Gasteiger partial charge in [-0.2, -0.15) is 0 Å². The Balaban J connectivity index is 1.65. The molecule has 1 aliphatic heterocycles. The van der Waals surface area contributed by atoms with Crippen molar-refractivity contribution >= 4 is 11.6 Å². The molecular weight excluding hydrogens is 401 g/mol. The lowest BCUT2D eigenvalue weighted by molar-refractivity contribution is 0.0777. The highest BCUT2D eigenvalue weighted by atomic mass is 19.1. The molecule has 1 amide bonds. The fourth-order valence-corrected chi connectivity index (χ4v) is 3.55. The number of aromatic nitrogens is 1. The summed E-state index contributed by atoms with van der Waals surface area (Å²) in [5.74, 6) is 1.24. The molecule has 1 saturated carbocycles. The zero-order chi connectivity index (χ0) is 22.2. The summed E-state index contributed by atoms with van der Waals surface area (Å²) in [5, 5.41) is 3.03. The summed E-state index contributed by atoms with van der Waals surface area (Å²) in [4.78, 5) is 19.6. The summed E-state index contributed by atoms with van der Waals surface area (Å²) in [5.41, 5.74) is 1.23. The van der Waals surface area contributed by atoms with E-state index in [2.05, 4.69) is 29.0 Å². The summed E-state index contributed by atoms with van der Waals surface area (Å²) >= 11 is 0. The molecule has 1 aliphatic carbocycles. The number of hydrogen-bond donors (Lipinski definition) is 1. The standard InChI is InChI=1S/C23H36FN3O4/c1-16(2)11-18(15-30-10-4-9-24)25-22(28)20-7-8-21(27-12-19(13-27)29-3)23(26-20)31-14-17-5-6-17/h7-8,16-19H,4-6,9-15H2,1-3H3,(H,25,28). The number of hydrogen-bond acceptors (Lipinski definition) is 6. The van der Waals surface area contributed by atoms with E-state index in [1.165, 1.54) is 12.8 Å². The number of carbonyl (C=O) groups excluding carboxylic acids is 1. The van der Waals surface area contributed by atoms with Crippen LogP contribution in [0.2, 0.25) is 0 Å². The maximum atomic E-state index is 12.9. The molecule has 0 spiro atoms. The number of nitrogens with zero attached hydrogens (tertiary/aromatic N) is 2. The van der Waals surface area contributed by atoms with Gasteiger partial charge in [0.15, 0.2) is 0 Å². The summed E-state index contributed by atoms with van der Waals surface area (Å²) in [6.45, 7) is 6.71. The van der Waals surface area contributed by atoms with Crippen LogP contribution < -0.4 is 15.0 Å². The molecular formula is C23H36FN3O4. The van der Waals surface area contributed by atoms with Crippen molar-refractivity contribution in [3.05, 3.63) is 17.8 Å². The number of pyridine rings is 1. The van der Waals surface area contributed by atoms with Gasteiger partial charge in [0.25, 0.3) is 5.91 Å². The van der Waals surface area contributed by atoms with Crippen molar-refractivity contribution in [3.63, 3.8) is 0 Å². The molecule has 0 bridgehead atoms. The van der Waals surface area contributed by atoms with Crippen LogP contribution in [-0.4, -0.2) is 69.7 Å². The van der Waals surface area contributed by atoms with Gasteiger partial charge in [-0.05, 0) is 49.7 Å². The van der Waals surface area contributed by atoms with Gasteiger partial charge in [-0.15, -0.1) is 0 Å². The van der Waals surface area contributed by atoms with Crippen LogP contribution in [0.25, 0.3) is 0 Å². The van der Waals surface area contributed by atoms with E-state index < -0.39 is 6.67 Å².